The lowest BCUT2D eigenvalue weighted by Gasteiger charge is -2.27. The van der Waals surface area contributed by atoms with Crippen LogP contribution in [0.2, 0.25) is 0 Å². The lowest BCUT2D eigenvalue weighted by atomic mass is 9.84. The SMILES string of the molecule is CC(C)(CCN)CCC(=O)N(Cc1cccs1)C1CC1. The molecule has 1 amide bonds. The van der Waals surface area contributed by atoms with Crippen LogP contribution in [0.25, 0.3) is 0 Å². The Kier molecular flexibility index (Phi) is 5.22. The molecule has 112 valence electrons. The summed E-state index contributed by atoms with van der Waals surface area (Å²) in [7, 11) is 0. The van der Waals surface area contributed by atoms with E-state index in [0.29, 0.717) is 24.9 Å². The Morgan fingerprint density at radius 2 is 2.20 bits per heavy atom. The maximum Gasteiger partial charge on any atom is 0.223 e. The standard InChI is InChI=1S/C16H26N2OS/c1-16(2,9-10-17)8-7-15(19)18(13-5-6-13)12-14-4-3-11-20-14/h3-4,11,13H,5-10,12,17H2,1-2H3. The Hall–Kier alpha value is -0.870. The number of carbonyl (C=O) groups excluding carboxylic acids is 1. The normalized spacial score (nSPS) is 15.3. The quantitative estimate of drug-likeness (QED) is 0.799. The molecule has 3 nitrogen and oxygen atoms in total. The van der Waals surface area contributed by atoms with Crippen LogP contribution in [-0.2, 0) is 11.3 Å². The van der Waals surface area contributed by atoms with Gasteiger partial charge in [0, 0.05) is 17.3 Å². The van der Waals surface area contributed by atoms with Gasteiger partial charge in [-0.2, -0.15) is 0 Å². The molecule has 2 rings (SSSR count). The van der Waals surface area contributed by atoms with E-state index in [0.717, 1.165) is 19.4 Å². The molecule has 2 N–H and O–H groups in total. The second-order valence-electron chi connectivity index (χ2n) is 6.54. The summed E-state index contributed by atoms with van der Waals surface area (Å²) in [6.45, 7) is 5.89. The van der Waals surface area contributed by atoms with Gasteiger partial charge in [-0.05, 0) is 49.1 Å². The van der Waals surface area contributed by atoms with E-state index in [1.54, 1.807) is 11.3 Å². The molecule has 1 aliphatic rings. The van der Waals surface area contributed by atoms with E-state index >= 15 is 0 Å². The molecule has 0 bridgehead atoms. The lowest BCUT2D eigenvalue weighted by Crippen LogP contribution is -2.33. The van der Waals surface area contributed by atoms with Crippen molar-refractivity contribution in [1.29, 1.82) is 0 Å². The van der Waals surface area contributed by atoms with Crippen molar-refractivity contribution < 1.29 is 4.79 Å². The molecule has 1 aromatic heterocycles. The smallest absolute Gasteiger partial charge is 0.223 e. The topological polar surface area (TPSA) is 46.3 Å². The maximum absolute atomic E-state index is 12.5. The zero-order valence-electron chi connectivity index (χ0n) is 12.6. The molecule has 4 heteroatoms. The van der Waals surface area contributed by atoms with Gasteiger partial charge in [-0.1, -0.05) is 19.9 Å². The number of nitrogens with two attached hydrogens (primary N) is 1. The first-order chi connectivity index (χ1) is 9.52. The van der Waals surface area contributed by atoms with Crippen molar-refractivity contribution in [3.8, 4) is 0 Å². The molecule has 1 fully saturated rings. The van der Waals surface area contributed by atoms with Crippen LogP contribution in [0.5, 0.6) is 0 Å². The van der Waals surface area contributed by atoms with E-state index in [1.807, 2.05) is 0 Å². The fourth-order valence-electron chi connectivity index (χ4n) is 2.48. The van der Waals surface area contributed by atoms with Crippen LogP contribution in [0.3, 0.4) is 0 Å². The lowest BCUT2D eigenvalue weighted by molar-refractivity contribution is -0.133. The molecule has 1 saturated carbocycles. The minimum absolute atomic E-state index is 0.169. The second-order valence-corrected chi connectivity index (χ2v) is 7.57. The Labute approximate surface area is 126 Å². The summed E-state index contributed by atoms with van der Waals surface area (Å²) in [6, 6.07) is 4.66. The molecule has 0 aromatic carbocycles. The van der Waals surface area contributed by atoms with Crippen LogP contribution < -0.4 is 5.73 Å². The van der Waals surface area contributed by atoms with Gasteiger partial charge in [0.25, 0.3) is 0 Å². The first kappa shape index (κ1) is 15.5. The van der Waals surface area contributed by atoms with Gasteiger partial charge in [-0.3, -0.25) is 4.79 Å². The van der Waals surface area contributed by atoms with Crippen molar-refractivity contribution in [2.75, 3.05) is 6.54 Å². The van der Waals surface area contributed by atoms with Crippen LogP contribution in [-0.4, -0.2) is 23.4 Å². The summed E-state index contributed by atoms with van der Waals surface area (Å²) in [4.78, 5) is 15.9. The minimum Gasteiger partial charge on any atom is -0.335 e. The molecule has 1 heterocycles. The van der Waals surface area contributed by atoms with Gasteiger partial charge in [0.1, 0.15) is 0 Å². The van der Waals surface area contributed by atoms with Crippen LogP contribution in [0, 0.1) is 5.41 Å². The Bertz CT molecular complexity index is 424. The van der Waals surface area contributed by atoms with Crippen molar-refractivity contribution in [1.82, 2.24) is 4.90 Å². The summed E-state index contributed by atoms with van der Waals surface area (Å²) >= 11 is 1.74. The minimum atomic E-state index is 0.169. The van der Waals surface area contributed by atoms with E-state index in [1.165, 1.54) is 17.7 Å². The summed E-state index contributed by atoms with van der Waals surface area (Å²) in [5, 5.41) is 2.08. The summed E-state index contributed by atoms with van der Waals surface area (Å²) in [5.74, 6) is 0.311. The molecule has 20 heavy (non-hydrogen) atoms. The summed E-state index contributed by atoms with van der Waals surface area (Å²) in [6.07, 6.45) is 4.90. The molecule has 1 aliphatic carbocycles. The fourth-order valence-corrected chi connectivity index (χ4v) is 3.18. The highest BCUT2D eigenvalue weighted by molar-refractivity contribution is 7.09. The zero-order chi connectivity index (χ0) is 14.6. The average Bonchev–Trinajstić information content (AvgIpc) is 3.10. The van der Waals surface area contributed by atoms with Gasteiger partial charge in [0.05, 0.1) is 6.54 Å². The van der Waals surface area contributed by atoms with Crippen LogP contribution in [0.4, 0.5) is 0 Å². The van der Waals surface area contributed by atoms with E-state index in [9.17, 15) is 4.79 Å². The van der Waals surface area contributed by atoms with E-state index in [-0.39, 0.29) is 5.41 Å². The van der Waals surface area contributed by atoms with Gasteiger partial charge < -0.3 is 10.6 Å². The Morgan fingerprint density at radius 3 is 2.75 bits per heavy atom. The number of hydrogen-bond donors (Lipinski definition) is 1. The first-order valence-electron chi connectivity index (χ1n) is 7.54. The zero-order valence-corrected chi connectivity index (χ0v) is 13.4. The third-order valence-corrected chi connectivity index (χ3v) is 4.91. The van der Waals surface area contributed by atoms with Crippen molar-refractivity contribution >= 4 is 17.2 Å². The second kappa shape index (κ2) is 6.72. The number of thiophene rings is 1. The first-order valence-corrected chi connectivity index (χ1v) is 8.42. The summed E-state index contributed by atoms with van der Waals surface area (Å²) < 4.78 is 0. The average molecular weight is 294 g/mol. The van der Waals surface area contributed by atoms with Gasteiger partial charge in [-0.25, -0.2) is 0 Å². The van der Waals surface area contributed by atoms with Crippen LogP contribution in [0.1, 0.15) is 50.8 Å². The molecule has 0 atom stereocenters. The molecule has 0 unspecified atom stereocenters. The largest absolute Gasteiger partial charge is 0.335 e. The molecule has 0 aliphatic heterocycles. The Morgan fingerprint density at radius 1 is 1.45 bits per heavy atom. The number of hydrogen-bond acceptors (Lipinski definition) is 3. The molecular formula is C16H26N2OS. The van der Waals surface area contributed by atoms with Gasteiger partial charge in [0.15, 0.2) is 0 Å². The highest BCUT2D eigenvalue weighted by Gasteiger charge is 2.33. The highest BCUT2D eigenvalue weighted by atomic mass is 32.1. The van der Waals surface area contributed by atoms with Crippen molar-refractivity contribution in [2.24, 2.45) is 11.1 Å². The van der Waals surface area contributed by atoms with Crippen molar-refractivity contribution in [3.05, 3.63) is 22.4 Å². The molecule has 0 radical (unpaired) electrons. The predicted octanol–water partition coefficient (Wildman–Crippen LogP) is 3.39. The number of rotatable bonds is 8. The fraction of sp³-hybridized carbons (Fsp3) is 0.688. The molecule has 1 aromatic rings. The van der Waals surface area contributed by atoms with E-state index < -0.39 is 0 Å². The predicted molar refractivity (Wildman–Crippen MR) is 84.6 cm³/mol. The molecule has 0 saturated heterocycles. The highest BCUT2D eigenvalue weighted by Crippen LogP contribution is 2.32. The van der Waals surface area contributed by atoms with Crippen molar-refractivity contribution in [3.63, 3.8) is 0 Å². The van der Waals surface area contributed by atoms with Gasteiger partial charge >= 0.3 is 0 Å². The van der Waals surface area contributed by atoms with Crippen molar-refractivity contribution in [2.45, 2.75) is 58.5 Å². The molecule has 0 spiro atoms. The van der Waals surface area contributed by atoms with E-state index in [4.69, 9.17) is 5.73 Å². The molecular weight excluding hydrogens is 268 g/mol. The van der Waals surface area contributed by atoms with Crippen LogP contribution >= 0.6 is 11.3 Å². The third-order valence-electron chi connectivity index (χ3n) is 4.05. The number of carbonyl (C=O) groups is 1. The monoisotopic (exact) mass is 294 g/mol. The van der Waals surface area contributed by atoms with Gasteiger partial charge in [0.2, 0.25) is 5.91 Å². The Balaban J connectivity index is 1.87. The summed E-state index contributed by atoms with van der Waals surface area (Å²) in [5.41, 5.74) is 5.80. The van der Waals surface area contributed by atoms with E-state index in [2.05, 4.69) is 36.3 Å². The maximum atomic E-state index is 12.5. The number of amides is 1. The van der Waals surface area contributed by atoms with Crippen LogP contribution in [0.15, 0.2) is 17.5 Å². The number of nitrogens with zero attached hydrogens (tertiary/aromatic N) is 1. The third kappa shape index (κ3) is 4.60. The van der Waals surface area contributed by atoms with Gasteiger partial charge in [-0.15, -0.1) is 11.3 Å².